The predicted octanol–water partition coefficient (Wildman–Crippen LogP) is 5.44. The van der Waals surface area contributed by atoms with Crippen molar-refractivity contribution in [2.45, 2.75) is 13.3 Å². The van der Waals surface area contributed by atoms with E-state index >= 15 is 0 Å². The number of aromatic nitrogens is 4. The van der Waals surface area contributed by atoms with E-state index in [1.807, 2.05) is 61.7 Å². The number of hydrogen-bond acceptors (Lipinski definition) is 7. The number of fused-ring (bicyclic) bond motifs is 3. The highest BCUT2D eigenvalue weighted by atomic mass is 16.3. The van der Waals surface area contributed by atoms with Crippen LogP contribution >= 0.6 is 0 Å². The van der Waals surface area contributed by atoms with Gasteiger partial charge in [0.15, 0.2) is 5.76 Å². The highest BCUT2D eigenvalue weighted by Gasteiger charge is 2.26. The average molecular weight is 690 g/mol. The molecule has 2 N–H and O–H groups in total. The molecule has 256 valence electrons. The Balaban J connectivity index is 0.968. The molecular weight excluding hydrogens is 658 g/mol. The van der Waals surface area contributed by atoms with Gasteiger partial charge in [-0.05, 0) is 71.3 Å². The standard InChI is InChI=1S/C40H31N7O5/c1-23-17-26(31-18-24-7-4-9-28(30(24)22-42-31)25-12-13-33-34(19-25)46(3)40(51)45(33)2)21-43-37(23)38(49)41-15-6-8-27-20-29-32(10-5-11-35(29)52-27)47-16-14-36(48)44-39(47)50/h4-5,7,9-13,17-22H,14-16H2,1-3H3,(H,41,49)(H,44,48,50). The Bertz CT molecular complexity index is 2760. The Morgan fingerprint density at radius 3 is 2.56 bits per heavy atom. The first-order valence-electron chi connectivity index (χ1n) is 16.6. The van der Waals surface area contributed by atoms with Gasteiger partial charge < -0.3 is 9.73 Å². The third-order valence-corrected chi connectivity index (χ3v) is 9.37. The van der Waals surface area contributed by atoms with Crippen molar-refractivity contribution < 1.29 is 18.8 Å². The molecule has 12 heteroatoms. The number of amides is 4. The van der Waals surface area contributed by atoms with Crippen molar-refractivity contribution in [2.75, 3.05) is 18.0 Å². The summed E-state index contributed by atoms with van der Waals surface area (Å²) < 4.78 is 9.15. The van der Waals surface area contributed by atoms with Crippen LogP contribution in [-0.2, 0) is 18.9 Å². The van der Waals surface area contributed by atoms with E-state index in [4.69, 9.17) is 9.40 Å². The maximum atomic E-state index is 13.0. The number of rotatable bonds is 5. The number of carbonyl (C=O) groups is 3. The molecule has 0 unspecified atom stereocenters. The summed E-state index contributed by atoms with van der Waals surface area (Å²) in [6.07, 6.45) is 3.70. The van der Waals surface area contributed by atoms with E-state index in [-0.39, 0.29) is 42.7 Å². The van der Waals surface area contributed by atoms with E-state index in [1.165, 1.54) is 4.90 Å². The van der Waals surface area contributed by atoms with Crippen LogP contribution in [0.4, 0.5) is 10.5 Å². The molecule has 52 heavy (non-hydrogen) atoms. The molecule has 1 aliphatic rings. The minimum absolute atomic E-state index is 0.0598. The van der Waals surface area contributed by atoms with Gasteiger partial charge in [-0.2, -0.15) is 0 Å². The second-order valence-electron chi connectivity index (χ2n) is 12.6. The summed E-state index contributed by atoms with van der Waals surface area (Å²) in [5, 5.41) is 7.80. The summed E-state index contributed by atoms with van der Waals surface area (Å²) in [7, 11) is 3.55. The number of carbonyl (C=O) groups excluding carboxylic acids is 3. The van der Waals surface area contributed by atoms with Gasteiger partial charge in [0.05, 0.1) is 29.0 Å². The Morgan fingerprint density at radius 2 is 1.73 bits per heavy atom. The number of urea groups is 1. The van der Waals surface area contributed by atoms with Crippen molar-refractivity contribution in [1.29, 1.82) is 0 Å². The van der Waals surface area contributed by atoms with Crippen molar-refractivity contribution in [1.82, 2.24) is 29.7 Å². The zero-order valence-electron chi connectivity index (χ0n) is 28.5. The number of nitrogens with zero attached hydrogens (tertiary/aromatic N) is 5. The van der Waals surface area contributed by atoms with Crippen molar-refractivity contribution in [3.63, 3.8) is 0 Å². The van der Waals surface area contributed by atoms with E-state index in [1.54, 1.807) is 53.7 Å². The number of hydrogen-bond donors (Lipinski definition) is 2. The molecular formula is C40H31N7O5. The Morgan fingerprint density at radius 1 is 0.904 bits per heavy atom. The van der Waals surface area contributed by atoms with E-state index in [0.29, 0.717) is 28.0 Å². The van der Waals surface area contributed by atoms with Gasteiger partial charge in [0, 0.05) is 61.9 Å². The summed E-state index contributed by atoms with van der Waals surface area (Å²) >= 11 is 0. The molecule has 0 aliphatic carbocycles. The van der Waals surface area contributed by atoms with Crippen molar-refractivity contribution >= 4 is 56.3 Å². The molecule has 0 bridgehead atoms. The van der Waals surface area contributed by atoms with Crippen LogP contribution in [0.25, 0.3) is 55.2 Å². The number of anilines is 1. The Labute approximate surface area is 296 Å². The van der Waals surface area contributed by atoms with Crippen LogP contribution < -0.4 is 21.2 Å². The molecule has 7 aromatic rings. The molecule has 0 spiro atoms. The van der Waals surface area contributed by atoms with E-state index in [9.17, 15) is 19.2 Å². The minimum atomic E-state index is -0.478. The minimum Gasteiger partial charge on any atom is -0.448 e. The second kappa shape index (κ2) is 12.7. The molecule has 1 saturated heterocycles. The first-order valence-corrected chi connectivity index (χ1v) is 16.6. The number of imidazole rings is 1. The molecule has 3 aromatic carbocycles. The van der Waals surface area contributed by atoms with E-state index in [2.05, 4.69) is 27.5 Å². The molecule has 1 fully saturated rings. The van der Waals surface area contributed by atoms with Crippen LogP contribution in [0.1, 0.15) is 28.2 Å². The first-order chi connectivity index (χ1) is 25.2. The first kappa shape index (κ1) is 32.2. The van der Waals surface area contributed by atoms with Crippen LogP contribution in [0.3, 0.4) is 0 Å². The lowest BCUT2D eigenvalue weighted by molar-refractivity contribution is -0.120. The zero-order valence-corrected chi connectivity index (χ0v) is 28.5. The molecule has 0 atom stereocenters. The van der Waals surface area contributed by atoms with Crippen LogP contribution in [0.15, 0.2) is 94.4 Å². The lowest BCUT2D eigenvalue weighted by Gasteiger charge is -2.26. The normalized spacial score (nSPS) is 13.0. The predicted molar refractivity (Wildman–Crippen MR) is 198 cm³/mol. The second-order valence-corrected chi connectivity index (χ2v) is 12.6. The molecule has 4 aromatic heterocycles. The monoisotopic (exact) mass is 689 g/mol. The maximum Gasteiger partial charge on any atom is 0.328 e. The fourth-order valence-corrected chi connectivity index (χ4v) is 6.68. The number of pyridine rings is 2. The molecule has 8 rings (SSSR count). The summed E-state index contributed by atoms with van der Waals surface area (Å²) in [5.74, 6) is 5.56. The van der Waals surface area contributed by atoms with Crippen LogP contribution in [0.5, 0.6) is 0 Å². The number of furan rings is 1. The summed E-state index contributed by atoms with van der Waals surface area (Å²) in [6, 6.07) is 22.6. The van der Waals surface area contributed by atoms with Crippen LogP contribution in [0, 0.1) is 18.8 Å². The average Bonchev–Trinajstić information content (AvgIpc) is 3.66. The Hall–Kier alpha value is -7.00. The van der Waals surface area contributed by atoms with Crippen molar-refractivity contribution in [2.24, 2.45) is 14.1 Å². The number of imide groups is 1. The molecule has 12 nitrogen and oxygen atoms in total. The molecule has 1 aliphatic heterocycles. The van der Waals surface area contributed by atoms with Crippen LogP contribution in [0.2, 0.25) is 0 Å². The number of aryl methyl sites for hydroxylation is 3. The van der Waals surface area contributed by atoms with E-state index in [0.717, 1.165) is 44.2 Å². The van der Waals surface area contributed by atoms with Gasteiger partial charge in [-0.3, -0.25) is 38.9 Å². The summed E-state index contributed by atoms with van der Waals surface area (Å²) in [4.78, 5) is 60.2. The smallest absolute Gasteiger partial charge is 0.328 e. The van der Waals surface area contributed by atoms with Gasteiger partial charge in [0.1, 0.15) is 11.3 Å². The largest absolute Gasteiger partial charge is 0.448 e. The maximum absolute atomic E-state index is 13.0. The molecule has 4 amide bonds. The zero-order chi connectivity index (χ0) is 36.1. The van der Waals surface area contributed by atoms with E-state index < -0.39 is 6.03 Å². The summed E-state index contributed by atoms with van der Waals surface area (Å²) in [6.45, 7) is 2.16. The quantitative estimate of drug-likeness (QED) is 0.229. The highest BCUT2D eigenvalue weighted by molar-refractivity contribution is 6.09. The fraction of sp³-hybridized carbons (Fsp3) is 0.150. The van der Waals surface area contributed by atoms with Gasteiger partial charge in [0.2, 0.25) is 5.91 Å². The lowest BCUT2D eigenvalue weighted by Crippen LogP contribution is -2.49. The number of nitrogens with one attached hydrogen (secondary N) is 2. The molecule has 5 heterocycles. The Kier molecular flexibility index (Phi) is 7.88. The SMILES string of the molecule is Cc1cc(-c2cc3cccc(-c4ccc5c(c4)n(C)c(=O)n5C)c3cn2)cnc1C(=O)NCC#Cc1cc2c(N3CCC(=O)NC3=O)cccc2o1. The molecule has 0 saturated carbocycles. The van der Waals surface area contributed by atoms with Crippen LogP contribution in [-0.4, -0.2) is 50.0 Å². The molecule has 0 radical (unpaired) electrons. The third-order valence-electron chi connectivity index (χ3n) is 9.37. The van der Waals surface area contributed by atoms with Crippen molar-refractivity contribution in [3.8, 4) is 34.2 Å². The fourth-order valence-electron chi connectivity index (χ4n) is 6.68. The van der Waals surface area contributed by atoms with Gasteiger partial charge in [-0.1, -0.05) is 36.3 Å². The van der Waals surface area contributed by atoms with Gasteiger partial charge in [-0.25, -0.2) is 9.59 Å². The highest BCUT2D eigenvalue weighted by Crippen LogP contribution is 2.33. The lowest BCUT2D eigenvalue weighted by atomic mass is 9.98. The number of benzene rings is 3. The van der Waals surface area contributed by atoms with Gasteiger partial charge in [-0.15, -0.1) is 0 Å². The summed E-state index contributed by atoms with van der Waals surface area (Å²) in [5.41, 5.74) is 7.30. The van der Waals surface area contributed by atoms with Gasteiger partial charge in [0.25, 0.3) is 5.91 Å². The van der Waals surface area contributed by atoms with Crippen molar-refractivity contribution in [3.05, 3.63) is 113 Å². The third kappa shape index (κ3) is 5.64. The van der Waals surface area contributed by atoms with Gasteiger partial charge >= 0.3 is 11.7 Å². The topological polar surface area (TPSA) is 144 Å².